The second-order valence-corrected chi connectivity index (χ2v) is 7.04. The van der Waals surface area contributed by atoms with Gasteiger partial charge in [0.2, 0.25) is 0 Å². The molecule has 0 saturated carbocycles. The zero-order valence-corrected chi connectivity index (χ0v) is 15.0. The van der Waals surface area contributed by atoms with Crippen LogP contribution in [0.2, 0.25) is 0 Å². The van der Waals surface area contributed by atoms with Gasteiger partial charge in [0.25, 0.3) is 0 Å². The van der Waals surface area contributed by atoms with Crippen LogP contribution in [0.25, 0.3) is 15.9 Å². The average Bonchev–Trinajstić information content (AvgIpc) is 3.16. The highest BCUT2D eigenvalue weighted by Gasteiger charge is 2.18. The number of nitrogens with zero attached hydrogens (tertiary/aromatic N) is 2. The lowest BCUT2D eigenvalue weighted by atomic mass is 10.2. The third-order valence-electron chi connectivity index (χ3n) is 4.00. The van der Waals surface area contributed by atoms with Crippen LogP contribution in [-0.2, 0) is 0 Å². The van der Waals surface area contributed by atoms with Crippen LogP contribution in [0, 0.1) is 19.7 Å². The molecule has 0 fully saturated rings. The number of rotatable bonds is 3. The minimum atomic E-state index is -0.415. The maximum absolute atomic E-state index is 13.6. The zero-order chi connectivity index (χ0) is 18.3. The number of aromatic nitrogens is 2. The molecule has 0 radical (unpaired) electrons. The summed E-state index contributed by atoms with van der Waals surface area (Å²) in [6.07, 6.45) is 0. The minimum absolute atomic E-state index is 0.334. The molecule has 6 heteroatoms. The van der Waals surface area contributed by atoms with Crippen LogP contribution in [0.15, 0.2) is 54.6 Å². The van der Waals surface area contributed by atoms with E-state index in [9.17, 15) is 9.18 Å². The number of thiophene rings is 1. The number of benzene rings is 2. The van der Waals surface area contributed by atoms with Gasteiger partial charge in [-0.3, -0.25) is 0 Å². The fourth-order valence-electron chi connectivity index (χ4n) is 2.77. The number of hydrogen-bond donors (Lipinski definition) is 0. The molecule has 0 spiro atoms. The predicted octanol–water partition coefficient (Wildman–Crippen LogP) is 5.06. The fraction of sp³-hybridized carbons (Fsp3) is 0.100. The first-order chi connectivity index (χ1) is 12.5. The Bertz CT molecular complexity index is 1130. The van der Waals surface area contributed by atoms with E-state index in [-0.39, 0.29) is 5.82 Å². The Balaban J connectivity index is 1.72. The van der Waals surface area contributed by atoms with Gasteiger partial charge in [-0.15, -0.1) is 11.3 Å². The van der Waals surface area contributed by atoms with Crippen molar-refractivity contribution in [1.29, 1.82) is 0 Å². The molecule has 0 amide bonds. The molecule has 2 aromatic carbocycles. The molecule has 0 saturated heterocycles. The van der Waals surface area contributed by atoms with Crippen LogP contribution in [-0.4, -0.2) is 15.7 Å². The predicted molar refractivity (Wildman–Crippen MR) is 99.8 cm³/mol. The molecule has 4 rings (SSSR count). The van der Waals surface area contributed by atoms with E-state index in [1.807, 2.05) is 32.0 Å². The second-order valence-electron chi connectivity index (χ2n) is 6.01. The van der Waals surface area contributed by atoms with Crippen molar-refractivity contribution in [2.45, 2.75) is 13.8 Å². The summed E-state index contributed by atoms with van der Waals surface area (Å²) >= 11 is 1.28. The second kappa shape index (κ2) is 6.38. The van der Waals surface area contributed by atoms with Crippen molar-refractivity contribution in [2.75, 3.05) is 0 Å². The first-order valence-corrected chi connectivity index (χ1v) is 8.87. The number of halogens is 1. The van der Waals surface area contributed by atoms with Gasteiger partial charge < -0.3 is 4.74 Å². The number of aryl methyl sites for hydroxylation is 2. The summed E-state index contributed by atoms with van der Waals surface area (Å²) in [5.41, 5.74) is 2.41. The van der Waals surface area contributed by atoms with Crippen LogP contribution >= 0.6 is 11.3 Å². The minimum Gasteiger partial charge on any atom is -0.422 e. The first kappa shape index (κ1) is 16.5. The third kappa shape index (κ3) is 2.99. The Labute approximate surface area is 153 Å². The molecule has 26 heavy (non-hydrogen) atoms. The van der Waals surface area contributed by atoms with E-state index in [1.54, 1.807) is 28.9 Å². The van der Waals surface area contributed by atoms with E-state index in [0.717, 1.165) is 21.5 Å². The monoisotopic (exact) mass is 366 g/mol. The lowest BCUT2D eigenvalue weighted by Gasteiger charge is -2.04. The molecular weight excluding hydrogens is 351 g/mol. The Kier molecular flexibility index (Phi) is 4.05. The molecule has 0 aliphatic heterocycles. The normalized spacial score (nSPS) is 11.0. The van der Waals surface area contributed by atoms with Gasteiger partial charge in [0.1, 0.15) is 21.3 Å². The first-order valence-electron chi connectivity index (χ1n) is 8.05. The van der Waals surface area contributed by atoms with Gasteiger partial charge in [-0.2, -0.15) is 5.10 Å². The number of hydrogen-bond acceptors (Lipinski definition) is 4. The molecule has 2 aromatic heterocycles. The van der Waals surface area contributed by atoms with Crippen molar-refractivity contribution in [3.63, 3.8) is 0 Å². The van der Waals surface area contributed by atoms with Gasteiger partial charge >= 0.3 is 5.97 Å². The summed E-state index contributed by atoms with van der Waals surface area (Å²) in [5, 5.41) is 5.32. The Morgan fingerprint density at radius 3 is 2.69 bits per heavy atom. The quantitative estimate of drug-likeness (QED) is 0.376. The van der Waals surface area contributed by atoms with Crippen molar-refractivity contribution >= 4 is 27.5 Å². The van der Waals surface area contributed by atoms with E-state index in [2.05, 4.69) is 5.10 Å². The van der Waals surface area contributed by atoms with E-state index < -0.39 is 5.97 Å². The van der Waals surface area contributed by atoms with Gasteiger partial charge in [-0.1, -0.05) is 18.2 Å². The van der Waals surface area contributed by atoms with Crippen molar-refractivity contribution < 1.29 is 13.9 Å². The molecule has 4 aromatic rings. The van der Waals surface area contributed by atoms with Crippen molar-refractivity contribution in [2.24, 2.45) is 0 Å². The van der Waals surface area contributed by atoms with E-state index >= 15 is 0 Å². The molecule has 0 atom stereocenters. The molecule has 0 N–H and O–H groups in total. The average molecular weight is 366 g/mol. The van der Waals surface area contributed by atoms with E-state index in [4.69, 9.17) is 4.74 Å². The van der Waals surface area contributed by atoms with Crippen LogP contribution in [0.5, 0.6) is 5.75 Å². The largest absolute Gasteiger partial charge is 0.422 e. The zero-order valence-electron chi connectivity index (χ0n) is 14.2. The third-order valence-corrected chi connectivity index (χ3v) is 5.09. The van der Waals surface area contributed by atoms with Crippen LogP contribution in [0.1, 0.15) is 20.9 Å². The lowest BCUT2D eigenvalue weighted by molar-refractivity contribution is 0.0740. The van der Waals surface area contributed by atoms with Crippen LogP contribution in [0.4, 0.5) is 4.39 Å². The topological polar surface area (TPSA) is 44.1 Å². The van der Waals surface area contributed by atoms with Gasteiger partial charge in [-0.05, 0) is 55.8 Å². The van der Waals surface area contributed by atoms with E-state index in [1.165, 1.54) is 23.5 Å². The summed E-state index contributed by atoms with van der Waals surface area (Å²) in [5.74, 6) is -0.239. The molecular formula is C20H15FN2O2S. The Hall–Kier alpha value is -2.99. The number of fused-ring (bicyclic) bond motifs is 1. The number of esters is 1. The number of carbonyl (C=O) groups excluding carboxylic acids is 1. The fourth-order valence-corrected chi connectivity index (χ4v) is 3.83. The molecule has 0 bridgehead atoms. The van der Waals surface area contributed by atoms with Gasteiger partial charge in [0, 0.05) is 5.39 Å². The molecule has 4 nitrogen and oxygen atoms in total. The SMILES string of the molecule is Cc1cccc(OC(=O)c2cc3c(C)nn(-c4cccc(F)c4)c3s2)c1. The highest BCUT2D eigenvalue weighted by atomic mass is 32.1. The highest BCUT2D eigenvalue weighted by molar-refractivity contribution is 7.20. The van der Waals surface area contributed by atoms with Crippen LogP contribution < -0.4 is 4.74 Å². The summed E-state index contributed by atoms with van der Waals surface area (Å²) in [4.78, 5) is 13.8. The smallest absolute Gasteiger partial charge is 0.353 e. The number of ether oxygens (including phenoxy) is 1. The van der Waals surface area contributed by atoms with Crippen molar-refractivity contribution in [3.8, 4) is 11.4 Å². The van der Waals surface area contributed by atoms with Gasteiger partial charge in [0.15, 0.2) is 0 Å². The highest BCUT2D eigenvalue weighted by Crippen LogP contribution is 2.31. The maximum atomic E-state index is 13.6. The maximum Gasteiger partial charge on any atom is 0.353 e. The summed E-state index contributed by atoms with van der Waals surface area (Å²) in [6, 6.07) is 15.3. The molecule has 130 valence electrons. The summed E-state index contributed by atoms with van der Waals surface area (Å²) in [7, 11) is 0. The van der Waals surface area contributed by atoms with Crippen molar-refractivity contribution in [3.05, 3.63) is 76.5 Å². The molecule has 0 unspecified atom stereocenters. The standard InChI is InChI=1S/C20H15FN2O2S/c1-12-5-3-8-16(9-12)25-20(24)18-11-17-13(2)22-23(19(17)26-18)15-7-4-6-14(21)10-15/h3-11H,1-2H3. The van der Waals surface area contributed by atoms with Crippen molar-refractivity contribution in [1.82, 2.24) is 9.78 Å². The van der Waals surface area contributed by atoms with Crippen LogP contribution in [0.3, 0.4) is 0 Å². The molecule has 0 aliphatic rings. The number of carbonyl (C=O) groups is 1. The Morgan fingerprint density at radius 1 is 1.12 bits per heavy atom. The van der Waals surface area contributed by atoms with Gasteiger partial charge in [0.05, 0.1) is 11.4 Å². The molecule has 2 heterocycles. The summed E-state index contributed by atoms with van der Waals surface area (Å²) in [6.45, 7) is 3.80. The van der Waals surface area contributed by atoms with E-state index in [0.29, 0.717) is 16.3 Å². The lowest BCUT2D eigenvalue weighted by Crippen LogP contribution is -2.06. The summed E-state index contributed by atoms with van der Waals surface area (Å²) < 4.78 is 20.7. The Morgan fingerprint density at radius 2 is 1.92 bits per heavy atom. The molecule has 0 aliphatic carbocycles. The van der Waals surface area contributed by atoms with Gasteiger partial charge in [-0.25, -0.2) is 13.9 Å².